The molecule has 0 aliphatic carbocycles. The van der Waals surface area contributed by atoms with Crippen LogP contribution in [0.1, 0.15) is 18.3 Å². The zero-order chi connectivity index (χ0) is 19.8. The number of ether oxygens (including phenoxy) is 1. The first-order valence-electron chi connectivity index (χ1n) is 8.87. The van der Waals surface area contributed by atoms with Crippen molar-refractivity contribution in [2.75, 3.05) is 6.54 Å². The Hall–Kier alpha value is -3.49. The average molecular weight is 383 g/mol. The number of nitrogens with zero attached hydrogens (tertiary/aromatic N) is 5. The van der Waals surface area contributed by atoms with E-state index < -0.39 is 5.82 Å². The number of hydrogen-bond donors (Lipinski definition) is 2. The number of guanidine groups is 1. The van der Waals surface area contributed by atoms with Crippen LogP contribution in [0, 0.1) is 5.82 Å². The van der Waals surface area contributed by atoms with E-state index in [4.69, 9.17) is 4.74 Å². The lowest BCUT2D eigenvalue weighted by Gasteiger charge is -2.11. The van der Waals surface area contributed by atoms with Crippen molar-refractivity contribution in [1.82, 2.24) is 30.4 Å². The van der Waals surface area contributed by atoms with Gasteiger partial charge < -0.3 is 15.4 Å². The lowest BCUT2D eigenvalue weighted by Crippen LogP contribution is -2.37. The number of pyridine rings is 1. The molecule has 2 heterocycles. The number of benzene rings is 1. The van der Waals surface area contributed by atoms with E-state index in [1.54, 1.807) is 35.1 Å². The molecule has 0 atom stereocenters. The summed E-state index contributed by atoms with van der Waals surface area (Å²) < 4.78 is 21.5. The molecule has 0 amide bonds. The zero-order valence-corrected chi connectivity index (χ0v) is 15.8. The third-order valence-corrected chi connectivity index (χ3v) is 3.84. The van der Waals surface area contributed by atoms with Crippen LogP contribution in [0.25, 0.3) is 0 Å². The molecule has 0 radical (unpaired) electrons. The van der Waals surface area contributed by atoms with E-state index in [1.807, 2.05) is 14.0 Å². The van der Waals surface area contributed by atoms with E-state index in [9.17, 15) is 4.39 Å². The van der Waals surface area contributed by atoms with Gasteiger partial charge in [0.15, 0.2) is 17.5 Å². The summed E-state index contributed by atoms with van der Waals surface area (Å²) in [6, 6.07) is 8.24. The van der Waals surface area contributed by atoms with Crippen LogP contribution in [-0.4, -0.2) is 32.3 Å². The maximum atomic E-state index is 14.3. The van der Waals surface area contributed by atoms with E-state index in [0.717, 1.165) is 11.4 Å². The maximum Gasteiger partial charge on any atom is 0.191 e. The molecular weight excluding hydrogens is 361 g/mol. The van der Waals surface area contributed by atoms with E-state index in [0.29, 0.717) is 31.3 Å². The number of aromatic nitrogens is 4. The number of nitrogens with one attached hydrogen (secondary N) is 2. The largest absolute Gasteiger partial charge is 0.453 e. The van der Waals surface area contributed by atoms with Crippen LogP contribution in [0.2, 0.25) is 0 Å². The summed E-state index contributed by atoms with van der Waals surface area (Å²) in [5.74, 6) is 1.58. The van der Waals surface area contributed by atoms with Gasteiger partial charge in [-0.3, -0.25) is 9.67 Å². The normalized spacial score (nSPS) is 11.3. The summed E-state index contributed by atoms with van der Waals surface area (Å²) in [5, 5.41) is 10.4. The molecule has 0 saturated carbocycles. The smallest absolute Gasteiger partial charge is 0.191 e. The van der Waals surface area contributed by atoms with Crippen molar-refractivity contribution in [3.05, 3.63) is 66.3 Å². The zero-order valence-electron chi connectivity index (χ0n) is 15.8. The average Bonchev–Trinajstić information content (AvgIpc) is 3.11. The Balaban J connectivity index is 1.63. The van der Waals surface area contributed by atoms with Gasteiger partial charge in [0.1, 0.15) is 17.9 Å². The van der Waals surface area contributed by atoms with Crippen LogP contribution >= 0.6 is 0 Å². The Morgan fingerprint density at radius 2 is 2.18 bits per heavy atom. The fourth-order valence-corrected chi connectivity index (χ4v) is 2.41. The molecule has 9 heteroatoms. The van der Waals surface area contributed by atoms with Crippen molar-refractivity contribution in [2.24, 2.45) is 12.0 Å². The van der Waals surface area contributed by atoms with Crippen molar-refractivity contribution in [2.45, 2.75) is 20.0 Å². The Morgan fingerprint density at radius 1 is 1.29 bits per heavy atom. The minimum atomic E-state index is -0.450. The summed E-state index contributed by atoms with van der Waals surface area (Å²) in [6.07, 6.45) is 4.66. The number of aryl methyl sites for hydroxylation is 1. The Labute approximate surface area is 162 Å². The summed E-state index contributed by atoms with van der Waals surface area (Å²) in [4.78, 5) is 12.6. The van der Waals surface area contributed by atoms with Gasteiger partial charge in [-0.25, -0.2) is 14.4 Å². The van der Waals surface area contributed by atoms with Gasteiger partial charge >= 0.3 is 0 Å². The highest BCUT2D eigenvalue weighted by Crippen LogP contribution is 2.24. The minimum absolute atomic E-state index is 0.146. The molecule has 3 rings (SSSR count). The summed E-state index contributed by atoms with van der Waals surface area (Å²) in [7, 11) is 1.83. The molecule has 146 valence electrons. The van der Waals surface area contributed by atoms with Crippen LogP contribution in [0.4, 0.5) is 4.39 Å². The van der Waals surface area contributed by atoms with Crippen molar-refractivity contribution < 1.29 is 9.13 Å². The Kier molecular flexibility index (Phi) is 6.50. The van der Waals surface area contributed by atoms with Gasteiger partial charge in [0.25, 0.3) is 0 Å². The molecule has 0 aliphatic rings. The molecule has 0 fully saturated rings. The summed E-state index contributed by atoms with van der Waals surface area (Å²) in [5.41, 5.74) is 0.729. The predicted molar refractivity (Wildman–Crippen MR) is 103 cm³/mol. The topological polar surface area (TPSA) is 89.2 Å². The van der Waals surface area contributed by atoms with Gasteiger partial charge in [0.2, 0.25) is 0 Å². The number of aliphatic imine (C=N–C) groups is 1. The second kappa shape index (κ2) is 9.45. The fourth-order valence-electron chi connectivity index (χ4n) is 2.41. The first-order chi connectivity index (χ1) is 13.7. The van der Waals surface area contributed by atoms with Crippen molar-refractivity contribution >= 4 is 5.96 Å². The van der Waals surface area contributed by atoms with Crippen LogP contribution in [-0.2, 0) is 20.1 Å². The highest BCUT2D eigenvalue weighted by atomic mass is 19.1. The third kappa shape index (κ3) is 5.26. The molecule has 2 aromatic heterocycles. The van der Waals surface area contributed by atoms with Crippen molar-refractivity contribution in [3.63, 3.8) is 0 Å². The second-order valence-corrected chi connectivity index (χ2v) is 5.90. The molecule has 0 unspecified atom stereocenters. The van der Waals surface area contributed by atoms with Crippen LogP contribution in [0.15, 0.2) is 54.0 Å². The lowest BCUT2D eigenvalue weighted by molar-refractivity contribution is 0.440. The van der Waals surface area contributed by atoms with Gasteiger partial charge in [0, 0.05) is 19.8 Å². The molecule has 1 aromatic carbocycles. The SMILES string of the molecule is CCNC(=NCc1ccc(Oc2cccnc2)c(F)c1)NCc1ncnn1C. The number of rotatable bonds is 7. The van der Waals surface area contributed by atoms with Crippen molar-refractivity contribution in [3.8, 4) is 11.5 Å². The molecule has 8 nitrogen and oxygen atoms in total. The monoisotopic (exact) mass is 383 g/mol. The van der Waals surface area contributed by atoms with E-state index in [-0.39, 0.29) is 5.75 Å². The van der Waals surface area contributed by atoms with Gasteiger partial charge in [-0.1, -0.05) is 6.07 Å². The Morgan fingerprint density at radius 3 is 2.86 bits per heavy atom. The predicted octanol–water partition coefficient (Wildman–Crippen LogP) is 2.40. The highest BCUT2D eigenvalue weighted by Gasteiger charge is 2.07. The van der Waals surface area contributed by atoms with E-state index in [1.165, 1.54) is 18.6 Å². The highest BCUT2D eigenvalue weighted by molar-refractivity contribution is 5.79. The molecular formula is C19H22FN7O. The summed E-state index contributed by atoms with van der Waals surface area (Å²) >= 11 is 0. The number of halogens is 1. The van der Waals surface area contributed by atoms with Crippen LogP contribution in [0.5, 0.6) is 11.5 Å². The van der Waals surface area contributed by atoms with Gasteiger partial charge in [-0.15, -0.1) is 0 Å². The molecule has 3 aromatic rings. The van der Waals surface area contributed by atoms with Gasteiger partial charge in [-0.2, -0.15) is 5.10 Å². The first kappa shape index (κ1) is 19.3. The third-order valence-electron chi connectivity index (χ3n) is 3.84. The van der Waals surface area contributed by atoms with E-state index >= 15 is 0 Å². The molecule has 0 spiro atoms. The first-order valence-corrected chi connectivity index (χ1v) is 8.87. The fraction of sp³-hybridized carbons (Fsp3) is 0.263. The lowest BCUT2D eigenvalue weighted by atomic mass is 10.2. The Bertz CT molecular complexity index is 927. The second-order valence-electron chi connectivity index (χ2n) is 5.90. The van der Waals surface area contributed by atoms with Gasteiger partial charge in [0.05, 0.1) is 19.3 Å². The molecule has 0 aliphatic heterocycles. The number of hydrogen-bond acceptors (Lipinski definition) is 5. The standard InChI is InChI=1S/C19H22FN7O/c1-3-22-19(24-12-18-25-13-26-27(18)2)23-10-14-6-7-17(16(20)9-14)28-15-5-4-8-21-11-15/h4-9,11,13H,3,10,12H2,1-2H3,(H2,22,23,24). The molecule has 28 heavy (non-hydrogen) atoms. The molecule has 2 N–H and O–H groups in total. The maximum absolute atomic E-state index is 14.3. The minimum Gasteiger partial charge on any atom is -0.453 e. The van der Waals surface area contributed by atoms with Crippen LogP contribution in [0.3, 0.4) is 0 Å². The van der Waals surface area contributed by atoms with Gasteiger partial charge in [-0.05, 0) is 36.8 Å². The summed E-state index contributed by atoms with van der Waals surface area (Å²) in [6.45, 7) is 3.48. The van der Waals surface area contributed by atoms with Crippen LogP contribution < -0.4 is 15.4 Å². The van der Waals surface area contributed by atoms with E-state index in [2.05, 4.69) is 30.7 Å². The van der Waals surface area contributed by atoms with Crippen molar-refractivity contribution in [1.29, 1.82) is 0 Å². The quantitative estimate of drug-likeness (QED) is 0.481. The molecule has 0 saturated heterocycles. The molecule has 0 bridgehead atoms.